The summed E-state index contributed by atoms with van der Waals surface area (Å²) in [6.45, 7) is 10.6. The molecule has 0 radical (unpaired) electrons. The fraction of sp³-hybridized carbons (Fsp3) is 0.722. The van der Waals surface area contributed by atoms with Crippen molar-refractivity contribution >= 4 is 15.8 Å². The van der Waals surface area contributed by atoms with Gasteiger partial charge in [0.05, 0.1) is 11.4 Å². The van der Waals surface area contributed by atoms with E-state index >= 15 is 0 Å². The molecule has 1 aromatic heterocycles. The Labute approximate surface area is 152 Å². The predicted molar refractivity (Wildman–Crippen MR) is 101 cm³/mol. The number of rotatable bonds is 8. The summed E-state index contributed by atoms with van der Waals surface area (Å²) in [6, 6.07) is 3.92. The van der Waals surface area contributed by atoms with Crippen molar-refractivity contribution in [2.24, 2.45) is 5.92 Å². The summed E-state index contributed by atoms with van der Waals surface area (Å²) in [5, 5.41) is -0.430. The van der Waals surface area contributed by atoms with E-state index in [9.17, 15) is 8.42 Å². The number of anilines is 1. The van der Waals surface area contributed by atoms with Crippen LogP contribution in [0.2, 0.25) is 0 Å². The van der Waals surface area contributed by atoms with Gasteiger partial charge in [0.15, 0.2) is 0 Å². The van der Waals surface area contributed by atoms with Crippen LogP contribution in [0.15, 0.2) is 18.3 Å². The van der Waals surface area contributed by atoms with Crippen molar-refractivity contribution < 1.29 is 13.2 Å². The van der Waals surface area contributed by atoms with Crippen molar-refractivity contribution in [3.63, 3.8) is 0 Å². The summed E-state index contributed by atoms with van der Waals surface area (Å²) in [5.41, 5.74) is 0.869. The number of hydrogen-bond donors (Lipinski definition) is 1. The van der Waals surface area contributed by atoms with Gasteiger partial charge < -0.3 is 9.64 Å². The molecule has 0 atom stereocenters. The fourth-order valence-corrected chi connectivity index (χ4v) is 3.42. The first-order chi connectivity index (χ1) is 11.8. The van der Waals surface area contributed by atoms with E-state index in [1.807, 2.05) is 12.1 Å². The maximum Gasteiger partial charge on any atom is 0.214 e. The van der Waals surface area contributed by atoms with Gasteiger partial charge in [0.25, 0.3) is 0 Å². The number of piperidine rings is 1. The maximum absolute atomic E-state index is 11.8. The van der Waals surface area contributed by atoms with Gasteiger partial charge in [-0.25, -0.2) is 18.1 Å². The monoisotopic (exact) mass is 369 g/mol. The number of nitrogens with one attached hydrogen (secondary N) is 1. The lowest BCUT2D eigenvalue weighted by molar-refractivity contribution is 0.0449. The van der Waals surface area contributed by atoms with Gasteiger partial charge >= 0.3 is 0 Å². The highest BCUT2D eigenvalue weighted by Crippen LogP contribution is 2.22. The normalized spacial score (nSPS) is 16.8. The predicted octanol–water partition coefficient (Wildman–Crippen LogP) is 2.55. The van der Waals surface area contributed by atoms with Crippen molar-refractivity contribution in [1.29, 1.82) is 0 Å². The van der Waals surface area contributed by atoms with Crippen LogP contribution in [0.5, 0.6) is 0 Å². The van der Waals surface area contributed by atoms with Gasteiger partial charge in [0, 0.05) is 32.4 Å². The molecule has 1 fully saturated rings. The number of pyridine rings is 1. The molecule has 1 saturated heterocycles. The van der Waals surface area contributed by atoms with Crippen LogP contribution in [0.1, 0.15) is 46.1 Å². The summed E-state index contributed by atoms with van der Waals surface area (Å²) in [4.78, 5) is 6.79. The van der Waals surface area contributed by atoms with E-state index in [4.69, 9.17) is 4.74 Å². The van der Waals surface area contributed by atoms with Crippen molar-refractivity contribution in [3.05, 3.63) is 23.9 Å². The largest absolute Gasteiger partial charge is 0.379 e. The minimum absolute atomic E-state index is 0.280. The summed E-state index contributed by atoms with van der Waals surface area (Å²) in [6.07, 6.45) is 4.28. The Morgan fingerprint density at radius 1 is 1.24 bits per heavy atom. The first-order valence-electron chi connectivity index (χ1n) is 9.08. The van der Waals surface area contributed by atoms with Crippen molar-refractivity contribution in [2.45, 2.75) is 58.4 Å². The van der Waals surface area contributed by atoms with E-state index in [2.05, 4.69) is 28.5 Å². The Morgan fingerprint density at radius 2 is 1.92 bits per heavy atom. The van der Waals surface area contributed by atoms with Gasteiger partial charge in [0.1, 0.15) is 5.82 Å². The molecule has 1 aliphatic rings. The van der Waals surface area contributed by atoms with Crippen LogP contribution in [-0.2, 0) is 21.3 Å². The van der Waals surface area contributed by atoms with Crippen LogP contribution >= 0.6 is 0 Å². The lowest BCUT2D eigenvalue weighted by Gasteiger charge is -2.33. The van der Waals surface area contributed by atoms with Crippen LogP contribution in [0, 0.1) is 5.92 Å². The molecular formula is C18H31N3O3S. The molecule has 2 heterocycles. The molecule has 1 aliphatic heterocycles. The van der Waals surface area contributed by atoms with Gasteiger partial charge in [-0.1, -0.05) is 6.07 Å². The second-order valence-corrected chi connectivity index (χ2v) is 9.57. The molecule has 0 aliphatic carbocycles. The fourth-order valence-electron chi connectivity index (χ4n) is 2.72. The smallest absolute Gasteiger partial charge is 0.214 e. The molecule has 2 rings (SSSR count). The third-order valence-electron chi connectivity index (χ3n) is 4.51. The maximum atomic E-state index is 11.8. The standard InChI is InChI=1S/C18H31N3O3S/c1-14(2)24-13-16-7-9-21(10-8-16)18-6-5-17(11-19-18)12-20-25(22,23)15(3)4/h5-6,11,14-16,20H,7-10,12-13H2,1-4H3. The average molecular weight is 370 g/mol. The molecule has 0 bridgehead atoms. The molecular weight excluding hydrogens is 338 g/mol. The van der Waals surface area contributed by atoms with Crippen LogP contribution in [0.4, 0.5) is 5.82 Å². The topological polar surface area (TPSA) is 71.5 Å². The molecule has 0 aromatic carbocycles. The Balaban J connectivity index is 1.83. The average Bonchev–Trinajstić information content (AvgIpc) is 2.59. The quantitative estimate of drug-likeness (QED) is 0.762. The van der Waals surface area contributed by atoms with Gasteiger partial charge in [-0.05, 0) is 58.1 Å². The van der Waals surface area contributed by atoms with Gasteiger partial charge in [-0.3, -0.25) is 0 Å². The Morgan fingerprint density at radius 3 is 2.44 bits per heavy atom. The molecule has 0 spiro atoms. The number of aromatic nitrogens is 1. The zero-order valence-corrected chi connectivity index (χ0v) is 16.6. The third-order valence-corrected chi connectivity index (χ3v) is 6.30. The van der Waals surface area contributed by atoms with E-state index in [1.165, 1.54) is 0 Å². The Kier molecular flexibility index (Phi) is 7.22. The molecule has 6 nitrogen and oxygen atoms in total. The summed E-state index contributed by atoms with van der Waals surface area (Å²) < 4.78 is 31.9. The van der Waals surface area contributed by atoms with Crippen LogP contribution in [0.25, 0.3) is 0 Å². The SMILES string of the molecule is CC(C)OCC1CCN(c2ccc(CNS(=O)(=O)C(C)C)cn2)CC1. The van der Waals surface area contributed by atoms with Gasteiger partial charge in [-0.15, -0.1) is 0 Å². The molecule has 142 valence electrons. The van der Waals surface area contributed by atoms with E-state index in [0.717, 1.165) is 43.9 Å². The highest BCUT2D eigenvalue weighted by molar-refractivity contribution is 7.90. The molecule has 0 amide bonds. The van der Waals surface area contributed by atoms with E-state index in [-0.39, 0.29) is 6.54 Å². The first-order valence-corrected chi connectivity index (χ1v) is 10.6. The van der Waals surface area contributed by atoms with Crippen molar-refractivity contribution in [3.8, 4) is 0 Å². The highest BCUT2D eigenvalue weighted by atomic mass is 32.2. The molecule has 7 heteroatoms. The molecule has 1 aromatic rings. The lowest BCUT2D eigenvalue weighted by atomic mass is 9.98. The molecule has 25 heavy (non-hydrogen) atoms. The Hall–Kier alpha value is -1.18. The second kappa shape index (κ2) is 8.96. The molecule has 0 saturated carbocycles. The third kappa shape index (κ3) is 6.24. The van der Waals surface area contributed by atoms with E-state index in [1.54, 1.807) is 20.0 Å². The van der Waals surface area contributed by atoms with Crippen molar-refractivity contribution in [2.75, 3.05) is 24.6 Å². The zero-order chi connectivity index (χ0) is 18.4. The number of sulfonamides is 1. The zero-order valence-electron chi connectivity index (χ0n) is 15.7. The molecule has 0 unspecified atom stereocenters. The number of hydrogen-bond acceptors (Lipinski definition) is 5. The summed E-state index contributed by atoms with van der Waals surface area (Å²) >= 11 is 0. The van der Waals surface area contributed by atoms with Crippen molar-refractivity contribution in [1.82, 2.24) is 9.71 Å². The van der Waals surface area contributed by atoms with Gasteiger partial charge in [-0.2, -0.15) is 0 Å². The first kappa shape index (κ1) is 20.1. The second-order valence-electron chi connectivity index (χ2n) is 7.25. The lowest BCUT2D eigenvalue weighted by Crippen LogP contribution is -2.36. The van der Waals surface area contributed by atoms with E-state index in [0.29, 0.717) is 12.0 Å². The highest BCUT2D eigenvalue weighted by Gasteiger charge is 2.21. The Bertz CT molecular complexity index is 621. The molecule has 1 N–H and O–H groups in total. The summed E-state index contributed by atoms with van der Waals surface area (Å²) in [7, 11) is -3.24. The van der Waals surface area contributed by atoms with E-state index < -0.39 is 15.3 Å². The van der Waals surface area contributed by atoms with Crippen LogP contribution in [-0.4, -0.2) is 44.5 Å². The minimum atomic E-state index is -3.24. The number of nitrogens with zero attached hydrogens (tertiary/aromatic N) is 2. The van der Waals surface area contributed by atoms with Crippen LogP contribution in [0.3, 0.4) is 0 Å². The minimum Gasteiger partial charge on any atom is -0.379 e. The number of ether oxygens (including phenoxy) is 1. The summed E-state index contributed by atoms with van der Waals surface area (Å²) in [5.74, 6) is 1.59. The van der Waals surface area contributed by atoms with Gasteiger partial charge in [0.2, 0.25) is 10.0 Å². The van der Waals surface area contributed by atoms with Crippen LogP contribution < -0.4 is 9.62 Å².